The van der Waals surface area contributed by atoms with Gasteiger partial charge in [-0.3, -0.25) is 14.5 Å². The monoisotopic (exact) mass is 372 g/mol. The van der Waals surface area contributed by atoms with Crippen LogP contribution in [0.25, 0.3) is 0 Å². The highest BCUT2D eigenvalue weighted by Crippen LogP contribution is 2.22. The maximum atomic E-state index is 12.0. The molecule has 8 heteroatoms. The Morgan fingerprint density at radius 1 is 1.29 bits per heavy atom. The Hall–Kier alpha value is -1.79. The van der Waals surface area contributed by atoms with Crippen molar-refractivity contribution in [3.05, 3.63) is 33.8 Å². The van der Waals surface area contributed by atoms with E-state index in [0.717, 1.165) is 4.90 Å². The average molecular weight is 373 g/mol. The van der Waals surface area contributed by atoms with E-state index >= 15 is 0 Å². The van der Waals surface area contributed by atoms with E-state index in [4.69, 9.17) is 27.9 Å². The molecule has 0 saturated carbocycles. The molecule has 0 aromatic heterocycles. The maximum Gasteiger partial charge on any atom is 0.325 e. The summed E-state index contributed by atoms with van der Waals surface area (Å²) in [4.78, 5) is 36.6. The van der Waals surface area contributed by atoms with E-state index in [2.05, 4.69) is 5.32 Å². The number of nitrogens with one attached hydrogen (secondary N) is 1. The van der Waals surface area contributed by atoms with Crippen molar-refractivity contribution in [3.8, 4) is 0 Å². The fourth-order valence-electron chi connectivity index (χ4n) is 2.27. The first-order valence-corrected chi connectivity index (χ1v) is 8.20. The molecule has 0 unspecified atom stereocenters. The van der Waals surface area contributed by atoms with E-state index in [9.17, 15) is 14.4 Å². The summed E-state index contributed by atoms with van der Waals surface area (Å²) in [6.07, 6.45) is 0.436. The molecular formula is C16H18Cl2N2O4. The van der Waals surface area contributed by atoms with Gasteiger partial charge in [-0.25, -0.2) is 4.79 Å². The molecule has 2 rings (SSSR count). The van der Waals surface area contributed by atoms with Crippen molar-refractivity contribution in [1.29, 1.82) is 0 Å². The first-order chi connectivity index (χ1) is 11.2. The number of carbonyl (C=O) groups is 3. The molecule has 0 atom stereocenters. The van der Waals surface area contributed by atoms with E-state index in [0.29, 0.717) is 22.0 Å². The van der Waals surface area contributed by atoms with Crippen LogP contribution < -0.4 is 5.32 Å². The molecule has 1 fully saturated rings. The molecule has 6 nitrogen and oxygen atoms in total. The van der Waals surface area contributed by atoms with Gasteiger partial charge in [0.2, 0.25) is 0 Å². The van der Waals surface area contributed by atoms with Crippen LogP contribution >= 0.6 is 23.2 Å². The highest BCUT2D eigenvalue weighted by atomic mass is 35.5. The molecule has 0 radical (unpaired) electrons. The van der Waals surface area contributed by atoms with Gasteiger partial charge in [-0.2, -0.15) is 0 Å². The lowest BCUT2D eigenvalue weighted by atomic mass is 10.1. The Bertz CT molecular complexity index is 676. The van der Waals surface area contributed by atoms with Crippen molar-refractivity contribution in [2.45, 2.75) is 38.8 Å². The van der Waals surface area contributed by atoms with E-state index in [-0.39, 0.29) is 25.5 Å². The zero-order valence-electron chi connectivity index (χ0n) is 13.4. The van der Waals surface area contributed by atoms with Gasteiger partial charge in [0.05, 0.1) is 0 Å². The summed E-state index contributed by atoms with van der Waals surface area (Å²) in [5, 5.41) is 3.52. The molecule has 1 aliphatic heterocycles. The molecule has 24 heavy (non-hydrogen) atoms. The highest BCUT2D eigenvalue weighted by molar-refractivity contribution is 6.35. The van der Waals surface area contributed by atoms with Crippen molar-refractivity contribution in [1.82, 2.24) is 10.2 Å². The van der Waals surface area contributed by atoms with Crippen LogP contribution in [0.4, 0.5) is 4.79 Å². The molecule has 0 spiro atoms. The lowest BCUT2D eigenvalue weighted by Crippen LogP contribution is -2.40. The third-order valence-corrected chi connectivity index (χ3v) is 4.20. The topological polar surface area (TPSA) is 75.7 Å². The van der Waals surface area contributed by atoms with Crippen LogP contribution in [0.1, 0.15) is 32.3 Å². The van der Waals surface area contributed by atoms with Crippen LogP contribution in [0.3, 0.4) is 0 Å². The SMILES string of the molecule is CC1(C)NC(=O)N(CCCC(=O)OCc2ccc(Cl)cc2Cl)C1=O. The minimum Gasteiger partial charge on any atom is -0.461 e. The number of hydrogen-bond acceptors (Lipinski definition) is 4. The predicted octanol–water partition coefficient (Wildman–Crippen LogP) is 3.15. The second-order valence-electron chi connectivity index (χ2n) is 6.01. The van der Waals surface area contributed by atoms with Crippen LogP contribution in [0.2, 0.25) is 10.0 Å². The molecule has 0 aliphatic carbocycles. The molecule has 1 aliphatic rings. The fraction of sp³-hybridized carbons (Fsp3) is 0.438. The molecule has 3 amide bonds. The third-order valence-electron chi connectivity index (χ3n) is 3.61. The first-order valence-electron chi connectivity index (χ1n) is 7.44. The number of rotatable bonds is 6. The minimum absolute atomic E-state index is 0.0466. The van der Waals surface area contributed by atoms with Crippen molar-refractivity contribution in [3.63, 3.8) is 0 Å². The van der Waals surface area contributed by atoms with Crippen LogP contribution in [-0.2, 0) is 20.9 Å². The predicted molar refractivity (Wildman–Crippen MR) is 89.8 cm³/mol. The molecule has 1 saturated heterocycles. The molecule has 1 aromatic carbocycles. The first kappa shape index (κ1) is 18.5. The quantitative estimate of drug-likeness (QED) is 0.614. The van der Waals surface area contributed by atoms with Gasteiger partial charge in [0.1, 0.15) is 12.1 Å². The zero-order valence-corrected chi connectivity index (χ0v) is 14.9. The minimum atomic E-state index is -0.900. The lowest BCUT2D eigenvalue weighted by Gasteiger charge is -2.15. The summed E-state index contributed by atoms with van der Waals surface area (Å²) in [6.45, 7) is 3.49. The number of urea groups is 1. The van der Waals surface area contributed by atoms with Crippen LogP contribution in [0.15, 0.2) is 18.2 Å². The maximum absolute atomic E-state index is 12.0. The highest BCUT2D eigenvalue weighted by Gasteiger charge is 2.43. The smallest absolute Gasteiger partial charge is 0.325 e. The number of benzene rings is 1. The summed E-state index contributed by atoms with van der Waals surface area (Å²) in [5.74, 6) is -0.721. The Kier molecular flexibility index (Phi) is 5.72. The van der Waals surface area contributed by atoms with E-state index in [1.807, 2.05) is 0 Å². The number of halogens is 2. The summed E-state index contributed by atoms with van der Waals surface area (Å²) in [5.41, 5.74) is -0.242. The zero-order chi connectivity index (χ0) is 17.9. The summed E-state index contributed by atoms with van der Waals surface area (Å²) >= 11 is 11.8. The summed E-state index contributed by atoms with van der Waals surface area (Å²) in [6, 6.07) is 4.49. The van der Waals surface area contributed by atoms with Crippen LogP contribution in [0, 0.1) is 0 Å². The number of imide groups is 1. The van der Waals surface area contributed by atoms with E-state index < -0.39 is 17.5 Å². The number of hydrogen-bond donors (Lipinski definition) is 1. The van der Waals surface area contributed by atoms with Crippen molar-refractivity contribution in [2.24, 2.45) is 0 Å². The standard InChI is InChI=1S/C16H18Cl2N2O4/c1-16(2)14(22)20(15(23)19-16)7-3-4-13(21)24-9-10-5-6-11(17)8-12(10)18/h5-6,8H,3-4,7,9H2,1-2H3,(H,19,23). The number of ether oxygens (including phenoxy) is 1. The van der Waals surface area contributed by atoms with Gasteiger partial charge in [-0.15, -0.1) is 0 Å². The van der Waals surface area contributed by atoms with Crippen molar-refractivity contribution < 1.29 is 19.1 Å². The van der Waals surface area contributed by atoms with Crippen molar-refractivity contribution in [2.75, 3.05) is 6.54 Å². The number of amides is 3. The van der Waals surface area contributed by atoms with Crippen molar-refractivity contribution >= 4 is 41.1 Å². The molecule has 130 valence electrons. The lowest BCUT2D eigenvalue weighted by molar-refractivity contribution is -0.145. The average Bonchev–Trinajstić information content (AvgIpc) is 2.68. The van der Waals surface area contributed by atoms with Gasteiger partial charge in [-0.1, -0.05) is 29.3 Å². The largest absolute Gasteiger partial charge is 0.461 e. The number of carbonyl (C=O) groups excluding carboxylic acids is 3. The van der Waals surface area contributed by atoms with Gasteiger partial charge < -0.3 is 10.1 Å². The van der Waals surface area contributed by atoms with E-state index in [1.165, 1.54) is 0 Å². The Labute approximate surface area is 150 Å². The summed E-state index contributed by atoms with van der Waals surface area (Å²) in [7, 11) is 0. The third kappa shape index (κ3) is 4.39. The van der Waals surface area contributed by atoms with Crippen LogP contribution in [-0.4, -0.2) is 34.9 Å². The van der Waals surface area contributed by atoms with Crippen LogP contribution in [0.5, 0.6) is 0 Å². The Balaban J connectivity index is 1.76. The normalized spacial score (nSPS) is 16.2. The van der Waals surface area contributed by atoms with E-state index in [1.54, 1.807) is 32.0 Å². The number of esters is 1. The molecule has 0 bridgehead atoms. The second-order valence-corrected chi connectivity index (χ2v) is 6.86. The molecule has 1 heterocycles. The van der Waals surface area contributed by atoms with Gasteiger partial charge in [0, 0.05) is 28.6 Å². The summed E-state index contributed by atoms with van der Waals surface area (Å²) < 4.78 is 5.14. The molecule has 1 aromatic rings. The van der Waals surface area contributed by atoms with Gasteiger partial charge in [0.15, 0.2) is 0 Å². The fourth-order valence-corrected chi connectivity index (χ4v) is 2.73. The Morgan fingerprint density at radius 2 is 2.00 bits per heavy atom. The second kappa shape index (κ2) is 7.40. The molecular weight excluding hydrogens is 355 g/mol. The number of nitrogens with zero attached hydrogens (tertiary/aromatic N) is 1. The Morgan fingerprint density at radius 3 is 2.58 bits per heavy atom. The van der Waals surface area contributed by atoms with Gasteiger partial charge >= 0.3 is 12.0 Å². The van der Waals surface area contributed by atoms with Gasteiger partial charge in [-0.05, 0) is 32.4 Å². The molecule has 1 N–H and O–H groups in total. The van der Waals surface area contributed by atoms with Gasteiger partial charge in [0.25, 0.3) is 5.91 Å².